The quantitative estimate of drug-likeness (QED) is 0.489. The molecule has 0 fully saturated rings. The Hall–Kier alpha value is -0.860. The number of esters is 1. The van der Waals surface area contributed by atoms with E-state index in [2.05, 4.69) is 13.8 Å². The second-order valence-corrected chi connectivity index (χ2v) is 3.32. The van der Waals surface area contributed by atoms with Crippen molar-refractivity contribution in [1.29, 1.82) is 5.41 Å². The molecular weight excluding hydrogens is 166 g/mol. The first kappa shape index (κ1) is 12.1. The van der Waals surface area contributed by atoms with Crippen LogP contribution in [0.15, 0.2) is 0 Å². The maximum atomic E-state index is 11.0. The summed E-state index contributed by atoms with van der Waals surface area (Å²) in [5.41, 5.74) is 0. The van der Waals surface area contributed by atoms with Crippen LogP contribution >= 0.6 is 0 Å². The molecule has 0 heterocycles. The molecule has 76 valence electrons. The normalized spacial score (nSPS) is 12.2. The molecule has 0 aliphatic carbocycles. The number of rotatable bonds is 7. The van der Waals surface area contributed by atoms with Crippen LogP contribution in [0, 0.1) is 11.3 Å². The van der Waals surface area contributed by atoms with E-state index in [1.54, 1.807) is 0 Å². The van der Waals surface area contributed by atoms with Crippen LogP contribution in [-0.4, -0.2) is 18.8 Å². The summed E-state index contributed by atoms with van der Waals surface area (Å²) in [5.74, 6) is 0.264. The fraction of sp³-hybridized carbons (Fsp3) is 0.800. The van der Waals surface area contributed by atoms with E-state index >= 15 is 0 Å². The molecule has 13 heavy (non-hydrogen) atoms. The van der Waals surface area contributed by atoms with Crippen molar-refractivity contribution in [3.8, 4) is 0 Å². The van der Waals surface area contributed by atoms with Crippen molar-refractivity contribution < 1.29 is 9.53 Å². The average Bonchev–Trinajstić information content (AvgIpc) is 2.12. The predicted molar refractivity (Wildman–Crippen MR) is 53.0 cm³/mol. The second kappa shape index (κ2) is 7.77. The molecule has 0 rings (SSSR count). The van der Waals surface area contributed by atoms with Crippen LogP contribution < -0.4 is 0 Å². The van der Waals surface area contributed by atoms with Crippen LogP contribution in [0.3, 0.4) is 0 Å². The zero-order chi connectivity index (χ0) is 10.1. The minimum Gasteiger partial charge on any atom is -0.465 e. The molecule has 0 aromatic carbocycles. The summed E-state index contributed by atoms with van der Waals surface area (Å²) >= 11 is 0. The van der Waals surface area contributed by atoms with E-state index in [0.717, 1.165) is 12.8 Å². The fourth-order valence-electron chi connectivity index (χ4n) is 1.07. The summed E-state index contributed by atoms with van der Waals surface area (Å²) in [4.78, 5) is 11.0. The van der Waals surface area contributed by atoms with Crippen molar-refractivity contribution in [3.63, 3.8) is 0 Å². The van der Waals surface area contributed by atoms with E-state index in [-0.39, 0.29) is 5.97 Å². The third-order valence-corrected chi connectivity index (χ3v) is 1.80. The van der Waals surface area contributed by atoms with Gasteiger partial charge in [0.1, 0.15) is 0 Å². The SMILES string of the molecule is CCCC(C)COC(=O)CCC=N. The van der Waals surface area contributed by atoms with Gasteiger partial charge in [-0.2, -0.15) is 0 Å². The van der Waals surface area contributed by atoms with Gasteiger partial charge in [0, 0.05) is 0 Å². The Kier molecular flexibility index (Phi) is 7.26. The van der Waals surface area contributed by atoms with Gasteiger partial charge in [-0.3, -0.25) is 4.79 Å². The van der Waals surface area contributed by atoms with Crippen molar-refractivity contribution in [1.82, 2.24) is 0 Å². The smallest absolute Gasteiger partial charge is 0.306 e. The van der Waals surface area contributed by atoms with Gasteiger partial charge in [0.05, 0.1) is 13.0 Å². The highest BCUT2D eigenvalue weighted by Gasteiger charge is 2.05. The molecule has 0 aliphatic heterocycles. The molecule has 0 spiro atoms. The van der Waals surface area contributed by atoms with Gasteiger partial charge in [-0.15, -0.1) is 0 Å². The number of carbonyl (C=O) groups excluding carboxylic acids is 1. The van der Waals surface area contributed by atoms with E-state index in [4.69, 9.17) is 10.1 Å². The predicted octanol–water partition coefficient (Wildman–Crippen LogP) is 2.40. The first-order chi connectivity index (χ1) is 6.20. The number of hydrogen-bond acceptors (Lipinski definition) is 3. The van der Waals surface area contributed by atoms with Crippen molar-refractivity contribution in [3.05, 3.63) is 0 Å². The molecule has 0 aromatic heterocycles. The highest BCUT2D eigenvalue weighted by Crippen LogP contribution is 2.05. The Bertz CT molecular complexity index is 157. The van der Waals surface area contributed by atoms with Crippen molar-refractivity contribution in [2.75, 3.05) is 6.61 Å². The summed E-state index contributed by atoms with van der Waals surface area (Å²) in [7, 11) is 0. The summed E-state index contributed by atoms with van der Waals surface area (Å²) in [6.45, 7) is 4.71. The van der Waals surface area contributed by atoms with E-state index in [0.29, 0.717) is 25.4 Å². The van der Waals surface area contributed by atoms with Crippen LogP contribution in [0.1, 0.15) is 39.5 Å². The molecule has 0 aromatic rings. The van der Waals surface area contributed by atoms with Crippen LogP contribution in [0.2, 0.25) is 0 Å². The summed E-state index contributed by atoms with van der Waals surface area (Å²) < 4.78 is 5.02. The van der Waals surface area contributed by atoms with Crippen LogP contribution in [0.4, 0.5) is 0 Å². The van der Waals surface area contributed by atoms with Crippen molar-refractivity contribution in [2.24, 2.45) is 5.92 Å². The van der Waals surface area contributed by atoms with Gasteiger partial charge in [-0.1, -0.05) is 20.3 Å². The Morgan fingerprint density at radius 1 is 1.62 bits per heavy atom. The molecule has 1 atom stereocenters. The zero-order valence-electron chi connectivity index (χ0n) is 8.51. The minimum absolute atomic E-state index is 0.188. The number of ether oxygens (including phenoxy) is 1. The largest absolute Gasteiger partial charge is 0.465 e. The molecule has 0 radical (unpaired) electrons. The van der Waals surface area contributed by atoms with E-state index < -0.39 is 0 Å². The number of nitrogens with one attached hydrogen (secondary N) is 1. The second-order valence-electron chi connectivity index (χ2n) is 3.32. The van der Waals surface area contributed by atoms with Gasteiger partial charge >= 0.3 is 5.97 Å². The third-order valence-electron chi connectivity index (χ3n) is 1.80. The lowest BCUT2D eigenvalue weighted by Crippen LogP contribution is -2.11. The fourth-order valence-corrected chi connectivity index (χ4v) is 1.07. The number of carbonyl (C=O) groups is 1. The topological polar surface area (TPSA) is 50.2 Å². The molecule has 1 N–H and O–H groups in total. The van der Waals surface area contributed by atoms with Gasteiger partial charge in [0.2, 0.25) is 0 Å². The molecule has 0 amide bonds. The first-order valence-electron chi connectivity index (χ1n) is 4.85. The van der Waals surface area contributed by atoms with Gasteiger partial charge in [-0.25, -0.2) is 0 Å². The Morgan fingerprint density at radius 3 is 2.85 bits per heavy atom. The monoisotopic (exact) mass is 185 g/mol. The third kappa shape index (κ3) is 7.50. The molecule has 0 bridgehead atoms. The van der Waals surface area contributed by atoms with E-state index in [1.807, 2.05) is 0 Å². The zero-order valence-corrected chi connectivity index (χ0v) is 8.51. The lowest BCUT2D eigenvalue weighted by atomic mass is 10.1. The molecule has 0 saturated heterocycles. The molecule has 1 unspecified atom stereocenters. The van der Waals surface area contributed by atoms with Gasteiger partial charge in [0.25, 0.3) is 0 Å². The maximum Gasteiger partial charge on any atom is 0.306 e. The molecule has 3 nitrogen and oxygen atoms in total. The van der Waals surface area contributed by atoms with Gasteiger partial charge in [0.15, 0.2) is 0 Å². The highest BCUT2D eigenvalue weighted by molar-refractivity contribution is 5.72. The summed E-state index contributed by atoms with van der Waals surface area (Å²) in [5, 5.41) is 6.75. The molecular formula is C10H19NO2. The highest BCUT2D eigenvalue weighted by atomic mass is 16.5. The standard InChI is InChI=1S/C10H19NO2/c1-3-5-9(2)8-13-10(12)6-4-7-11/h7,9,11H,3-6,8H2,1-2H3. The molecule has 3 heteroatoms. The summed E-state index contributed by atoms with van der Waals surface area (Å²) in [6, 6.07) is 0. The first-order valence-corrected chi connectivity index (χ1v) is 4.85. The average molecular weight is 185 g/mol. The minimum atomic E-state index is -0.188. The van der Waals surface area contributed by atoms with Gasteiger partial charge < -0.3 is 10.1 Å². The lowest BCUT2D eigenvalue weighted by molar-refractivity contribution is -0.144. The van der Waals surface area contributed by atoms with Crippen LogP contribution in [0.25, 0.3) is 0 Å². The number of hydrogen-bond donors (Lipinski definition) is 1. The van der Waals surface area contributed by atoms with Crippen LogP contribution in [-0.2, 0) is 9.53 Å². The van der Waals surface area contributed by atoms with E-state index in [9.17, 15) is 4.79 Å². The Balaban J connectivity index is 3.39. The van der Waals surface area contributed by atoms with Crippen molar-refractivity contribution >= 4 is 12.2 Å². The summed E-state index contributed by atoms with van der Waals surface area (Å²) in [6.07, 6.45) is 4.27. The van der Waals surface area contributed by atoms with Crippen LogP contribution in [0.5, 0.6) is 0 Å². The maximum absolute atomic E-state index is 11.0. The van der Waals surface area contributed by atoms with Crippen molar-refractivity contribution in [2.45, 2.75) is 39.5 Å². The van der Waals surface area contributed by atoms with E-state index in [1.165, 1.54) is 6.21 Å². The Morgan fingerprint density at radius 2 is 2.31 bits per heavy atom. The Labute approximate surface area is 80.0 Å². The molecule has 0 aliphatic rings. The van der Waals surface area contributed by atoms with Gasteiger partial charge in [-0.05, 0) is 25.0 Å². The molecule has 0 saturated carbocycles. The lowest BCUT2D eigenvalue weighted by Gasteiger charge is -2.10.